The van der Waals surface area contributed by atoms with E-state index in [0.29, 0.717) is 10.7 Å². The van der Waals surface area contributed by atoms with Gasteiger partial charge in [-0.1, -0.05) is 23.8 Å². The van der Waals surface area contributed by atoms with Crippen LogP contribution in [0.2, 0.25) is 0 Å². The molecule has 0 aliphatic rings. The zero-order chi connectivity index (χ0) is 19.6. The quantitative estimate of drug-likeness (QED) is 0.684. The number of sulfonamides is 1. The van der Waals surface area contributed by atoms with E-state index in [9.17, 15) is 13.2 Å². The molecule has 0 fully saturated rings. The van der Waals surface area contributed by atoms with Gasteiger partial charge in [0.25, 0.3) is 5.91 Å². The number of benzene rings is 2. The summed E-state index contributed by atoms with van der Waals surface area (Å²) in [5.74, 6) is -0.343. The Morgan fingerprint density at radius 3 is 2.41 bits per heavy atom. The van der Waals surface area contributed by atoms with E-state index < -0.39 is 10.0 Å². The minimum atomic E-state index is -3.53. The molecule has 140 valence electrons. The van der Waals surface area contributed by atoms with Crippen LogP contribution in [0.1, 0.15) is 21.5 Å². The zero-order valence-corrected chi connectivity index (χ0v) is 16.7. The molecule has 0 saturated heterocycles. The number of nitrogens with zero attached hydrogens (tertiary/aromatic N) is 1. The number of nitrogens with one attached hydrogen (secondary N) is 2. The first-order chi connectivity index (χ1) is 12.8. The van der Waals surface area contributed by atoms with Gasteiger partial charge in [0.15, 0.2) is 5.13 Å². The van der Waals surface area contributed by atoms with Crippen molar-refractivity contribution in [1.29, 1.82) is 0 Å². The summed E-state index contributed by atoms with van der Waals surface area (Å²) in [7, 11) is -2.19. The number of anilines is 1. The van der Waals surface area contributed by atoms with E-state index in [1.54, 1.807) is 0 Å². The summed E-state index contributed by atoms with van der Waals surface area (Å²) in [6, 6.07) is 11.9. The summed E-state index contributed by atoms with van der Waals surface area (Å²) >= 11 is 1.34. The number of aryl methyl sites for hydroxylation is 2. The van der Waals surface area contributed by atoms with Crippen LogP contribution in [0, 0.1) is 13.8 Å². The first-order valence-corrected chi connectivity index (χ1v) is 10.5. The highest BCUT2D eigenvalue weighted by Crippen LogP contribution is 2.28. The maximum Gasteiger partial charge on any atom is 0.257 e. The van der Waals surface area contributed by atoms with Crippen molar-refractivity contribution in [2.45, 2.75) is 18.7 Å². The topological polar surface area (TPSA) is 88.2 Å². The van der Waals surface area contributed by atoms with Crippen molar-refractivity contribution < 1.29 is 13.2 Å². The summed E-state index contributed by atoms with van der Waals surface area (Å²) in [6.07, 6.45) is 0. The van der Waals surface area contributed by atoms with Gasteiger partial charge in [0.2, 0.25) is 10.0 Å². The third-order valence-electron chi connectivity index (χ3n) is 4.08. The molecule has 0 spiro atoms. The van der Waals surface area contributed by atoms with Crippen molar-refractivity contribution in [1.82, 2.24) is 9.71 Å². The Morgan fingerprint density at radius 2 is 1.78 bits per heavy atom. The molecule has 3 rings (SSSR count). The lowest BCUT2D eigenvalue weighted by molar-refractivity contribution is 0.102. The lowest BCUT2D eigenvalue weighted by Crippen LogP contribution is -2.19. The van der Waals surface area contributed by atoms with Gasteiger partial charge in [-0.2, -0.15) is 0 Å². The number of carbonyl (C=O) groups is 1. The van der Waals surface area contributed by atoms with Crippen molar-refractivity contribution in [3.8, 4) is 11.3 Å². The van der Waals surface area contributed by atoms with Gasteiger partial charge in [0.05, 0.1) is 10.6 Å². The van der Waals surface area contributed by atoms with Crippen LogP contribution in [0.5, 0.6) is 0 Å². The van der Waals surface area contributed by atoms with E-state index in [1.807, 2.05) is 31.4 Å². The molecule has 1 amide bonds. The first-order valence-electron chi connectivity index (χ1n) is 8.18. The molecule has 2 aromatic carbocycles. The maximum atomic E-state index is 12.4. The van der Waals surface area contributed by atoms with Gasteiger partial charge in [-0.05, 0) is 50.7 Å². The van der Waals surface area contributed by atoms with Crippen LogP contribution in [0.4, 0.5) is 5.13 Å². The fourth-order valence-corrected chi connectivity index (χ4v) is 4.06. The lowest BCUT2D eigenvalue weighted by Gasteiger charge is -2.05. The van der Waals surface area contributed by atoms with Gasteiger partial charge in [0, 0.05) is 16.5 Å². The van der Waals surface area contributed by atoms with Crippen LogP contribution in [0.3, 0.4) is 0 Å². The van der Waals surface area contributed by atoms with E-state index in [0.717, 1.165) is 16.8 Å². The van der Waals surface area contributed by atoms with Crippen molar-refractivity contribution in [3.63, 3.8) is 0 Å². The van der Waals surface area contributed by atoms with Gasteiger partial charge in [-0.25, -0.2) is 18.1 Å². The van der Waals surface area contributed by atoms with E-state index in [2.05, 4.69) is 21.1 Å². The van der Waals surface area contributed by atoms with Gasteiger partial charge in [0.1, 0.15) is 0 Å². The molecule has 0 atom stereocenters. The molecule has 1 aromatic heterocycles. The van der Waals surface area contributed by atoms with Crippen molar-refractivity contribution >= 4 is 32.4 Å². The van der Waals surface area contributed by atoms with Crippen LogP contribution in [-0.2, 0) is 10.0 Å². The molecule has 6 nitrogen and oxygen atoms in total. The Balaban J connectivity index is 1.76. The molecule has 1 heterocycles. The second-order valence-corrected chi connectivity index (χ2v) is 8.79. The molecule has 0 bridgehead atoms. The maximum absolute atomic E-state index is 12.4. The van der Waals surface area contributed by atoms with E-state index in [-0.39, 0.29) is 10.8 Å². The van der Waals surface area contributed by atoms with E-state index in [4.69, 9.17) is 0 Å². The monoisotopic (exact) mass is 401 g/mol. The predicted octanol–water partition coefficient (Wildman–Crippen LogP) is 3.59. The summed E-state index contributed by atoms with van der Waals surface area (Å²) in [4.78, 5) is 17.0. The fourth-order valence-electron chi connectivity index (χ4n) is 2.63. The second-order valence-electron chi connectivity index (χ2n) is 6.04. The predicted molar refractivity (Wildman–Crippen MR) is 108 cm³/mol. The number of thiazole rings is 1. The Kier molecular flexibility index (Phi) is 5.41. The Morgan fingerprint density at radius 1 is 1.07 bits per heavy atom. The lowest BCUT2D eigenvalue weighted by atomic mass is 10.0. The molecule has 27 heavy (non-hydrogen) atoms. The average molecular weight is 402 g/mol. The van der Waals surface area contributed by atoms with Crippen molar-refractivity contribution in [2.75, 3.05) is 12.4 Å². The summed E-state index contributed by atoms with van der Waals surface area (Å²) in [5, 5.41) is 5.14. The Bertz CT molecular complexity index is 1090. The highest BCUT2D eigenvalue weighted by atomic mass is 32.2. The molecular formula is C19H19N3O3S2. The molecule has 0 radical (unpaired) electrons. The number of hydrogen-bond donors (Lipinski definition) is 2. The summed E-state index contributed by atoms with van der Waals surface area (Å²) in [6.45, 7) is 4.07. The number of carbonyl (C=O) groups excluding carboxylic acids is 1. The third-order valence-corrected chi connectivity index (χ3v) is 6.27. The van der Waals surface area contributed by atoms with Gasteiger partial charge < -0.3 is 0 Å². The average Bonchev–Trinajstić information content (AvgIpc) is 3.10. The molecule has 3 aromatic rings. The van der Waals surface area contributed by atoms with E-state index >= 15 is 0 Å². The second kappa shape index (κ2) is 7.59. The molecule has 0 aliphatic heterocycles. The molecular weight excluding hydrogens is 382 g/mol. The number of hydrogen-bond acceptors (Lipinski definition) is 5. The van der Waals surface area contributed by atoms with E-state index in [1.165, 1.54) is 48.2 Å². The Hall–Kier alpha value is -2.55. The Labute approximate surface area is 162 Å². The smallest absolute Gasteiger partial charge is 0.257 e. The minimum Gasteiger partial charge on any atom is -0.298 e. The number of rotatable bonds is 5. The van der Waals surface area contributed by atoms with Gasteiger partial charge in [-0.15, -0.1) is 11.3 Å². The summed E-state index contributed by atoms with van der Waals surface area (Å²) in [5.41, 5.74) is 4.50. The van der Waals surface area contributed by atoms with Crippen LogP contribution < -0.4 is 10.0 Å². The SMILES string of the molecule is CNS(=O)(=O)c1ccc(C(=O)Nc2nc(-c3ccc(C)cc3C)cs2)cc1. The van der Waals surface area contributed by atoms with Gasteiger partial charge in [-0.3, -0.25) is 10.1 Å². The highest BCUT2D eigenvalue weighted by molar-refractivity contribution is 7.89. The molecule has 0 saturated carbocycles. The van der Waals surface area contributed by atoms with Crippen LogP contribution >= 0.6 is 11.3 Å². The molecule has 0 aliphatic carbocycles. The standard InChI is InChI=1S/C19H19N3O3S2/c1-12-4-9-16(13(2)10-12)17-11-26-19(21-17)22-18(23)14-5-7-15(8-6-14)27(24,25)20-3/h4-11,20H,1-3H3,(H,21,22,23). The minimum absolute atomic E-state index is 0.105. The highest BCUT2D eigenvalue weighted by Gasteiger charge is 2.14. The number of aromatic nitrogens is 1. The van der Waals surface area contributed by atoms with Crippen LogP contribution in [-0.4, -0.2) is 26.4 Å². The fraction of sp³-hybridized carbons (Fsp3) is 0.158. The number of amides is 1. The normalized spacial score (nSPS) is 11.4. The summed E-state index contributed by atoms with van der Waals surface area (Å²) < 4.78 is 25.7. The largest absolute Gasteiger partial charge is 0.298 e. The molecule has 2 N–H and O–H groups in total. The van der Waals surface area contributed by atoms with Crippen molar-refractivity contribution in [2.24, 2.45) is 0 Å². The van der Waals surface area contributed by atoms with Crippen LogP contribution in [0.15, 0.2) is 52.7 Å². The first kappa shape index (κ1) is 19.2. The third kappa shape index (κ3) is 4.24. The van der Waals surface area contributed by atoms with Crippen LogP contribution in [0.25, 0.3) is 11.3 Å². The molecule has 8 heteroatoms. The van der Waals surface area contributed by atoms with Crippen molar-refractivity contribution in [3.05, 3.63) is 64.5 Å². The van der Waals surface area contributed by atoms with Gasteiger partial charge >= 0.3 is 0 Å². The molecule has 0 unspecified atom stereocenters. The zero-order valence-electron chi connectivity index (χ0n) is 15.1.